The number of thiazole rings is 1. The van der Waals surface area contributed by atoms with E-state index in [0.29, 0.717) is 34.7 Å². The fraction of sp³-hybridized carbons (Fsp3) is 0.414. The van der Waals surface area contributed by atoms with Crippen LogP contribution >= 0.6 is 22.7 Å². The molecule has 3 aromatic heterocycles. The number of nitrogens with zero attached hydrogens (tertiary/aromatic N) is 3. The summed E-state index contributed by atoms with van der Waals surface area (Å²) in [6.45, 7) is 0.206. The summed E-state index contributed by atoms with van der Waals surface area (Å²) in [7, 11) is 1.36. The van der Waals surface area contributed by atoms with Gasteiger partial charge in [-0.15, -0.1) is 35.8 Å². The van der Waals surface area contributed by atoms with Crippen LogP contribution in [0, 0.1) is 0 Å². The molecule has 8 nitrogen and oxygen atoms in total. The minimum absolute atomic E-state index is 0.000755. The number of carbonyl (C=O) groups is 1. The molecule has 0 N–H and O–H groups in total. The number of hydrogen-bond acceptors (Lipinski definition) is 10. The quantitative estimate of drug-likeness (QED) is 0.180. The highest BCUT2D eigenvalue weighted by Gasteiger charge is 2.47. The first-order valence-corrected chi connectivity index (χ1v) is 15.4. The maximum absolute atomic E-state index is 13.1. The molecule has 8 rings (SSSR count). The number of anilines is 1. The van der Waals surface area contributed by atoms with E-state index < -0.39 is 6.36 Å². The Kier molecular flexibility index (Phi) is 6.98. The van der Waals surface area contributed by atoms with E-state index in [-0.39, 0.29) is 35.9 Å². The predicted octanol–water partition coefficient (Wildman–Crippen LogP) is 7.42. The number of hydrogen-bond donors (Lipinski definition) is 0. The van der Waals surface area contributed by atoms with E-state index in [2.05, 4.69) is 14.8 Å². The fourth-order valence-electron chi connectivity index (χ4n) is 5.88. The number of methoxy groups -OCH3 is 1. The van der Waals surface area contributed by atoms with Crippen molar-refractivity contribution in [1.82, 2.24) is 10.1 Å². The lowest BCUT2D eigenvalue weighted by molar-refractivity contribution is -0.274. The van der Waals surface area contributed by atoms with Gasteiger partial charge in [0.1, 0.15) is 17.2 Å². The molecule has 0 radical (unpaired) electrons. The Morgan fingerprint density at radius 1 is 1.12 bits per heavy atom. The highest BCUT2D eigenvalue weighted by Crippen LogP contribution is 2.48. The van der Waals surface area contributed by atoms with Crippen molar-refractivity contribution in [1.29, 1.82) is 0 Å². The maximum atomic E-state index is 13.1. The summed E-state index contributed by atoms with van der Waals surface area (Å²) in [5.74, 6) is 0.219. The molecule has 1 aromatic carbocycles. The number of alkyl halides is 3. The van der Waals surface area contributed by atoms with E-state index in [0.717, 1.165) is 47.8 Å². The lowest BCUT2D eigenvalue weighted by Gasteiger charge is -2.55. The third-order valence-corrected chi connectivity index (χ3v) is 9.79. The lowest BCUT2D eigenvalue weighted by atomic mass is 9.78. The number of thiophene rings is 1. The molecular weight excluding hydrogens is 591 g/mol. The molecule has 2 bridgehead atoms. The smallest absolute Gasteiger partial charge is 0.465 e. The van der Waals surface area contributed by atoms with Gasteiger partial charge in [0.05, 0.1) is 36.0 Å². The molecule has 2 saturated heterocycles. The number of fused-ring (bicyclic) bond motifs is 2. The summed E-state index contributed by atoms with van der Waals surface area (Å²) in [5, 5.41) is 8.92. The van der Waals surface area contributed by atoms with Crippen LogP contribution in [0.5, 0.6) is 5.75 Å². The highest BCUT2D eigenvalue weighted by molar-refractivity contribution is 7.16. The van der Waals surface area contributed by atoms with Gasteiger partial charge in [0.25, 0.3) is 0 Å². The first-order chi connectivity index (χ1) is 20.3. The van der Waals surface area contributed by atoms with E-state index in [1.54, 1.807) is 34.9 Å². The van der Waals surface area contributed by atoms with Gasteiger partial charge in [-0.1, -0.05) is 17.3 Å². The number of rotatable bonds is 9. The minimum Gasteiger partial charge on any atom is -0.465 e. The molecule has 1 unspecified atom stereocenters. The molecule has 0 spiro atoms. The number of piperidine rings is 1. The monoisotopic (exact) mass is 617 g/mol. The summed E-state index contributed by atoms with van der Waals surface area (Å²) >= 11 is 3.05. The number of benzene rings is 1. The summed E-state index contributed by atoms with van der Waals surface area (Å²) in [6, 6.07) is 8.38. The van der Waals surface area contributed by atoms with Crippen LogP contribution in [-0.2, 0) is 16.1 Å². The van der Waals surface area contributed by atoms with Crippen LogP contribution in [-0.4, -0.2) is 47.8 Å². The average molecular weight is 618 g/mol. The second kappa shape index (κ2) is 10.7. The van der Waals surface area contributed by atoms with Crippen molar-refractivity contribution in [2.24, 2.45) is 0 Å². The van der Waals surface area contributed by atoms with Crippen LogP contribution in [0.4, 0.5) is 18.3 Å². The standard InChI is InChI=1S/C29H26F3N3O5S2/c1-37-27(36)16-8-24(41-13-16)22-14-42-28(33-22)35-17-9-18(35)11-19(10-17)38-12-21-25(34-40-26(21)15-6-7-15)20-4-2-3-5-23(20)39-29(30,31)32/h2-5,8,13-15,17-19H,6-7,9-12H2,1H3/t17-,18+,19?. The molecule has 13 heteroatoms. The average Bonchev–Trinajstić information content (AvgIpc) is 3.33. The summed E-state index contributed by atoms with van der Waals surface area (Å²) in [4.78, 5) is 20.0. The fourth-order valence-corrected chi connectivity index (χ4v) is 7.76. The van der Waals surface area contributed by atoms with Crippen molar-refractivity contribution in [2.75, 3.05) is 12.0 Å². The molecule has 4 aromatic rings. The molecule has 2 aliphatic heterocycles. The summed E-state index contributed by atoms with van der Waals surface area (Å²) in [5.41, 5.74) is 2.61. The molecule has 2 saturated carbocycles. The largest absolute Gasteiger partial charge is 0.573 e. The zero-order chi connectivity index (χ0) is 29.0. The summed E-state index contributed by atoms with van der Waals surface area (Å²) in [6.07, 6.45) is -0.200. The Balaban J connectivity index is 1.04. The first-order valence-electron chi connectivity index (χ1n) is 13.6. The number of para-hydroxylation sites is 1. The Labute approximate surface area is 247 Å². The summed E-state index contributed by atoms with van der Waals surface area (Å²) < 4.78 is 60.4. The van der Waals surface area contributed by atoms with Crippen molar-refractivity contribution in [3.05, 3.63) is 58.0 Å². The molecule has 42 heavy (non-hydrogen) atoms. The van der Waals surface area contributed by atoms with E-state index >= 15 is 0 Å². The highest BCUT2D eigenvalue weighted by atomic mass is 32.1. The minimum atomic E-state index is -4.82. The molecule has 4 aliphatic rings. The number of halogens is 3. The number of ether oxygens (including phenoxy) is 3. The van der Waals surface area contributed by atoms with E-state index in [1.165, 1.54) is 30.6 Å². The first kappa shape index (κ1) is 27.4. The van der Waals surface area contributed by atoms with Gasteiger partial charge in [0.15, 0.2) is 5.13 Å². The third kappa shape index (κ3) is 5.29. The molecule has 4 fully saturated rings. The van der Waals surface area contributed by atoms with Gasteiger partial charge in [-0.2, -0.15) is 0 Å². The molecule has 220 valence electrons. The third-order valence-electron chi connectivity index (χ3n) is 7.98. The molecular formula is C29H26F3N3O5S2. The molecule has 3 atom stereocenters. The molecule has 5 heterocycles. The normalized spacial score (nSPS) is 21.7. The Morgan fingerprint density at radius 3 is 2.64 bits per heavy atom. The maximum Gasteiger partial charge on any atom is 0.573 e. The van der Waals surface area contributed by atoms with Crippen LogP contribution in [0.25, 0.3) is 21.8 Å². The lowest BCUT2D eigenvalue weighted by Crippen LogP contribution is -2.62. The Morgan fingerprint density at radius 2 is 1.90 bits per heavy atom. The van der Waals surface area contributed by atoms with Crippen LogP contribution in [0.3, 0.4) is 0 Å². The molecule has 2 aliphatic carbocycles. The predicted molar refractivity (Wildman–Crippen MR) is 150 cm³/mol. The van der Waals surface area contributed by atoms with Gasteiger partial charge < -0.3 is 23.6 Å². The van der Waals surface area contributed by atoms with E-state index in [4.69, 9.17) is 19.0 Å². The van der Waals surface area contributed by atoms with Gasteiger partial charge >= 0.3 is 12.3 Å². The van der Waals surface area contributed by atoms with Crippen LogP contribution < -0.4 is 9.64 Å². The van der Waals surface area contributed by atoms with Crippen molar-refractivity contribution in [2.45, 2.75) is 69.2 Å². The molecule has 0 amide bonds. The second-order valence-corrected chi connectivity index (χ2v) is 12.5. The number of aromatic nitrogens is 2. The van der Waals surface area contributed by atoms with Gasteiger partial charge in [0.2, 0.25) is 0 Å². The van der Waals surface area contributed by atoms with Gasteiger partial charge in [-0.3, -0.25) is 0 Å². The van der Waals surface area contributed by atoms with E-state index in [9.17, 15) is 18.0 Å². The van der Waals surface area contributed by atoms with Gasteiger partial charge in [-0.05, 0) is 50.3 Å². The van der Waals surface area contributed by atoms with Crippen LogP contribution in [0.1, 0.15) is 59.7 Å². The van der Waals surface area contributed by atoms with Crippen molar-refractivity contribution in [3.8, 4) is 27.6 Å². The topological polar surface area (TPSA) is 86.9 Å². The Hall–Kier alpha value is -3.42. The van der Waals surface area contributed by atoms with E-state index in [1.807, 2.05) is 5.38 Å². The SMILES string of the molecule is COC(=O)c1csc(-c2csc(N3[C@@H]4CC(OCc5c(-c6ccccc6OC(F)(F)F)noc5C5CC5)C[C@H]3C4)n2)c1. The van der Waals surface area contributed by atoms with Gasteiger partial charge in [-0.25, -0.2) is 9.78 Å². The second-order valence-electron chi connectivity index (χ2n) is 10.8. The van der Waals surface area contributed by atoms with Crippen molar-refractivity contribution in [3.63, 3.8) is 0 Å². The van der Waals surface area contributed by atoms with Gasteiger partial charge in [0, 0.05) is 39.9 Å². The van der Waals surface area contributed by atoms with Crippen molar-refractivity contribution < 1.29 is 36.7 Å². The van der Waals surface area contributed by atoms with Crippen molar-refractivity contribution >= 4 is 33.8 Å². The Bertz CT molecular complexity index is 1600. The van der Waals surface area contributed by atoms with Crippen LogP contribution in [0.2, 0.25) is 0 Å². The zero-order valence-electron chi connectivity index (χ0n) is 22.4. The number of carbonyl (C=O) groups excluding carboxylic acids is 1. The zero-order valence-corrected chi connectivity index (χ0v) is 24.1. The number of esters is 1. The van der Waals surface area contributed by atoms with Crippen LogP contribution in [0.15, 0.2) is 45.6 Å².